The predicted molar refractivity (Wildman–Crippen MR) is 90.2 cm³/mol. The molecule has 0 aromatic carbocycles. The summed E-state index contributed by atoms with van der Waals surface area (Å²) in [6.07, 6.45) is 4.61. The van der Waals surface area contributed by atoms with Crippen LogP contribution < -0.4 is 4.90 Å². The molecule has 2 aliphatic heterocycles. The number of aryl methyl sites for hydroxylation is 1. The van der Waals surface area contributed by atoms with E-state index in [2.05, 4.69) is 20.1 Å². The highest BCUT2D eigenvalue weighted by molar-refractivity contribution is 5.81. The van der Waals surface area contributed by atoms with E-state index in [1.54, 1.807) is 12.4 Å². The number of likely N-dealkylation sites (tertiary alicyclic amines) is 1. The van der Waals surface area contributed by atoms with Crippen molar-refractivity contribution in [2.75, 3.05) is 24.5 Å². The monoisotopic (exact) mass is 323 g/mol. The SMILES string of the molecule is Cc1ccc(N2CC3CCN(Cc4ccncc4)C(=O)C3C2)nn1. The van der Waals surface area contributed by atoms with E-state index in [1.165, 1.54) is 0 Å². The van der Waals surface area contributed by atoms with Gasteiger partial charge in [0.2, 0.25) is 5.91 Å². The quantitative estimate of drug-likeness (QED) is 0.860. The van der Waals surface area contributed by atoms with Crippen molar-refractivity contribution in [3.63, 3.8) is 0 Å². The van der Waals surface area contributed by atoms with Crippen LogP contribution in [0.5, 0.6) is 0 Å². The second-order valence-corrected chi connectivity index (χ2v) is 6.71. The number of carbonyl (C=O) groups excluding carboxylic acids is 1. The first-order valence-electron chi connectivity index (χ1n) is 8.43. The van der Waals surface area contributed by atoms with Gasteiger partial charge in [-0.3, -0.25) is 9.78 Å². The molecule has 2 saturated heterocycles. The molecule has 24 heavy (non-hydrogen) atoms. The molecule has 0 saturated carbocycles. The topological polar surface area (TPSA) is 62.2 Å². The molecule has 0 N–H and O–H groups in total. The fourth-order valence-electron chi connectivity index (χ4n) is 3.72. The number of hydrogen-bond donors (Lipinski definition) is 0. The summed E-state index contributed by atoms with van der Waals surface area (Å²) in [5.74, 6) is 1.65. The lowest BCUT2D eigenvalue weighted by Crippen LogP contribution is -2.44. The van der Waals surface area contributed by atoms with Gasteiger partial charge in [-0.1, -0.05) is 0 Å². The number of fused-ring (bicyclic) bond motifs is 1. The van der Waals surface area contributed by atoms with Gasteiger partial charge in [0.1, 0.15) is 0 Å². The second kappa shape index (κ2) is 6.19. The van der Waals surface area contributed by atoms with Crippen LogP contribution in [0.4, 0.5) is 5.82 Å². The van der Waals surface area contributed by atoms with Crippen molar-refractivity contribution in [3.05, 3.63) is 47.9 Å². The predicted octanol–water partition coefficient (Wildman–Crippen LogP) is 1.66. The van der Waals surface area contributed by atoms with E-state index in [-0.39, 0.29) is 11.8 Å². The van der Waals surface area contributed by atoms with Crippen LogP contribution in [0, 0.1) is 18.8 Å². The van der Waals surface area contributed by atoms with Crippen LogP contribution >= 0.6 is 0 Å². The zero-order valence-corrected chi connectivity index (χ0v) is 13.8. The summed E-state index contributed by atoms with van der Waals surface area (Å²) in [5.41, 5.74) is 2.05. The van der Waals surface area contributed by atoms with E-state index < -0.39 is 0 Å². The summed E-state index contributed by atoms with van der Waals surface area (Å²) < 4.78 is 0. The molecule has 4 heterocycles. The number of nitrogens with zero attached hydrogens (tertiary/aromatic N) is 5. The van der Waals surface area contributed by atoms with Crippen molar-refractivity contribution in [2.24, 2.45) is 11.8 Å². The molecule has 2 unspecified atom stereocenters. The van der Waals surface area contributed by atoms with Crippen LogP contribution in [0.15, 0.2) is 36.7 Å². The molecule has 2 atom stereocenters. The Bertz CT molecular complexity index is 718. The maximum absolute atomic E-state index is 12.9. The molecule has 2 aromatic heterocycles. The molecule has 6 nitrogen and oxygen atoms in total. The van der Waals surface area contributed by atoms with E-state index in [9.17, 15) is 4.79 Å². The Morgan fingerprint density at radius 1 is 1.12 bits per heavy atom. The van der Waals surface area contributed by atoms with Gasteiger partial charge in [-0.05, 0) is 49.1 Å². The molecule has 0 bridgehead atoms. The smallest absolute Gasteiger partial charge is 0.228 e. The number of rotatable bonds is 3. The minimum atomic E-state index is 0.0729. The average Bonchev–Trinajstić information content (AvgIpc) is 3.04. The zero-order chi connectivity index (χ0) is 16.5. The molecule has 6 heteroatoms. The van der Waals surface area contributed by atoms with Crippen molar-refractivity contribution < 1.29 is 4.79 Å². The number of hydrogen-bond acceptors (Lipinski definition) is 5. The minimum absolute atomic E-state index is 0.0729. The Morgan fingerprint density at radius 2 is 1.96 bits per heavy atom. The van der Waals surface area contributed by atoms with Crippen LogP contribution in [0.3, 0.4) is 0 Å². The van der Waals surface area contributed by atoms with Crippen molar-refractivity contribution >= 4 is 11.7 Å². The highest BCUT2D eigenvalue weighted by Crippen LogP contribution is 2.34. The average molecular weight is 323 g/mol. The lowest BCUT2D eigenvalue weighted by molar-refractivity contribution is -0.140. The van der Waals surface area contributed by atoms with Gasteiger partial charge in [0.15, 0.2) is 5.82 Å². The molecule has 0 radical (unpaired) electrons. The number of pyridine rings is 1. The summed E-state index contributed by atoms with van der Waals surface area (Å²) in [5, 5.41) is 8.41. The zero-order valence-electron chi connectivity index (χ0n) is 13.8. The van der Waals surface area contributed by atoms with Crippen LogP contribution in [0.2, 0.25) is 0 Å². The molecule has 0 aliphatic carbocycles. The minimum Gasteiger partial charge on any atom is -0.354 e. The molecule has 124 valence electrons. The normalized spacial score (nSPS) is 23.5. The largest absolute Gasteiger partial charge is 0.354 e. The molecule has 4 rings (SSSR count). The molecule has 2 aliphatic rings. The number of anilines is 1. The van der Waals surface area contributed by atoms with Crippen molar-refractivity contribution in [1.82, 2.24) is 20.1 Å². The van der Waals surface area contributed by atoms with Gasteiger partial charge in [0.05, 0.1) is 11.6 Å². The van der Waals surface area contributed by atoms with Gasteiger partial charge in [-0.25, -0.2) is 0 Å². The first kappa shape index (κ1) is 15.1. The van der Waals surface area contributed by atoms with Gasteiger partial charge in [-0.2, -0.15) is 5.10 Å². The Kier molecular flexibility index (Phi) is 3.88. The molecule has 2 aromatic rings. The molecular weight excluding hydrogens is 302 g/mol. The standard InChI is InChI=1S/C18H21N5O/c1-13-2-3-17(21-20-13)23-11-15-6-9-22(18(24)16(15)12-23)10-14-4-7-19-8-5-14/h2-5,7-8,15-16H,6,9-12H2,1H3. The summed E-state index contributed by atoms with van der Waals surface area (Å²) >= 11 is 0. The first-order valence-corrected chi connectivity index (χ1v) is 8.43. The molecule has 2 fully saturated rings. The van der Waals surface area contributed by atoms with Gasteiger partial charge in [0.25, 0.3) is 0 Å². The Hall–Kier alpha value is -2.50. The van der Waals surface area contributed by atoms with E-state index >= 15 is 0 Å². The highest BCUT2D eigenvalue weighted by atomic mass is 16.2. The fourth-order valence-corrected chi connectivity index (χ4v) is 3.72. The third-order valence-electron chi connectivity index (χ3n) is 5.07. The fraction of sp³-hybridized carbons (Fsp3) is 0.444. The summed E-state index contributed by atoms with van der Waals surface area (Å²) in [6.45, 7) is 5.08. The maximum atomic E-state index is 12.9. The Morgan fingerprint density at radius 3 is 2.71 bits per heavy atom. The van der Waals surface area contributed by atoms with Crippen LogP contribution in [-0.2, 0) is 11.3 Å². The molecule has 1 amide bonds. The van der Waals surface area contributed by atoms with Gasteiger partial charge in [-0.15, -0.1) is 5.10 Å². The van der Waals surface area contributed by atoms with Crippen molar-refractivity contribution in [1.29, 1.82) is 0 Å². The third kappa shape index (κ3) is 2.84. The lowest BCUT2D eigenvalue weighted by Gasteiger charge is -2.33. The van der Waals surface area contributed by atoms with Crippen LogP contribution in [0.25, 0.3) is 0 Å². The third-order valence-corrected chi connectivity index (χ3v) is 5.07. The van der Waals surface area contributed by atoms with E-state index in [0.29, 0.717) is 12.5 Å². The number of amides is 1. The van der Waals surface area contributed by atoms with Gasteiger partial charge < -0.3 is 9.80 Å². The van der Waals surface area contributed by atoms with E-state index in [0.717, 1.165) is 43.1 Å². The number of piperidine rings is 1. The van der Waals surface area contributed by atoms with Gasteiger partial charge in [0, 0.05) is 38.6 Å². The summed E-state index contributed by atoms with van der Waals surface area (Å²) in [6, 6.07) is 7.92. The summed E-state index contributed by atoms with van der Waals surface area (Å²) in [7, 11) is 0. The van der Waals surface area contributed by atoms with Gasteiger partial charge >= 0.3 is 0 Å². The molecule has 0 spiro atoms. The second-order valence-electron chi connectivity index (χ2n) is 6.71. The van der Waals surface area contributed by atoms with E-state index in [1.807, 2.05) is 36.1 Å². The van der Waals surface area contributed by atoms with E-state index in [4.69, 9.17) is 0 Å². The lowest BCUT2D eigenvalue weighted by atomic mass is 9.88. The van der Waals surface area contributed by atoms with Crippen molar-refractivity contribution in [2.45, 2.75) is 19.9 Å². The Labute approximate surface area is 141 Å². The number of carbonyl (C=O) groups is 1. The molecular formula is C18H21N5O. The summed E-state index contributed by atoms with van der Waals surface area (Å²) in [4.78, 5) is 21.1. The first-order chi connectivity index (χ1) is 11.7. The highest BCUT2D eigenvalue weighted by Gasteiger charge is 2.43. The number of aromatic nitrogens is 3. The maximum Gasteiger partial charge on any atom is 0.228 e. The Balaban J connectivity index is 1.46. The van der Waals surface area contributed by atoms with Crippen LogP contribution in [0.1, 0.15) is 17.7 Å². The van der Waals surface area contributed by atoms with Crippen molar-refractivity contribution in [3.8, 4) is 0 Å². The van der Waals surface area contributed by atoms with Crippen LogP contribution in [-0.4, -0.2) is 45.6 Å².